The Morgan fingerprint density at radius 2 is 1.92 bits per heavy atom. The fourth-order valence-corrected chi connectivity index (χ4v) is 1.92. The lowest BCUT2D eigenvalue weighted by Gasteiger charge is -1.94. The monoisotopic (exact) mass is 186 g/mol. The van der Waals surface area contributed by atoms with Gasteiger partial charge in [-0.3, -0.25) is 0 Å². The number of hydrogen-bond donors (Lipinski definition) is 1. The number of benzene rings is 1. The van der Waals surface area contributed by atoms with Gasteiger partial charge in [-0.15, -0.1) is 11.3 Å². The van der Waals surface area contributed by atoms with Gasteiger partial charge >= 0.3 is 0 Å². The zero-order valence-corrected chi connectivity index (χ0v) is 6.66. The summed E-state index contributed by atoms with van der Waals surface area (Å²) in [5, 5.41) is 10.1. The van der Waals surface area contributed by atoms with Crippen LogP contribution in [-0.4, -0.2) is 5.11 Å². The molecule has 0 amide bonds. The van der Waals surface area contributed by atoms with Crippen molar-refractivity contribution in [3.63, 3.8) is 0 Å². The summed E-state index contributed by atoms with van der Waals surface area (Å²) in [6.07, 6.45) is 0. The molecule has 1 nitrogen and oxygen atoms in total. The first kappa shape index (κ1) is 7.49. The maximum Gasteiger partial charge on any atom is 0.144 e. The maximum absolute atomic E-state index is 12.9. The van der Waals surface area contributed by atoms with Crippen molar-refractivity contribution in [3.8, 4) is 5.75 Å². The molecule has 4 heteroatoms. The van der Waals surface area contributed by atoms with Gasteiger partial charge in [0.15, 0.2) is 0 Å². The third kappa shape index (κ3) is 0.956. The Kier molecular flexibility index (Phi) is 1.51. The third-order valence-corrected chi connectivity index (χ3v) is 2.47. The first-order valence-corrected chi connectivity index (χ1v) is 4.11. The highest BCUT2D eigenvalue weighted by molar-refractivity contribution is 7.17. The molecule has 0 radical (unpaired) electrons. The molecule has 12 heavy (non-hydrogen) atoms. The van der Waals surface area contributed by atoms with E-state index in [0.29, 0.717) is 4.70 Å². The van der Waals surface area contributed by atoms with E-state index in [2.05, 4.69) is 0 Å². The van der Waals surface area contributed by atoms with Crippen molar-refractivity contribution in [1.82, 2.24) is 0 Å². The van der Waals surface area contributed by atoms with Gasteiger partial charge < -0.3 is 5.11 Å². The number of phenols is 1. The van der Waals surface area contributed by atoms with Crippen LogP contribution in [0.25, 0.3) is 10.1 Å². The van der Waals surface area contributed by atoms with E-state index in [1.165, 1.54) is 11.4 Å². The second-order valence-corrected chi connectivity index (χ2v) is 3.30. The zero-order chi connectivity index (χ0) is 8.72. The normalized spacial score (nSPS) is 10.8. The molecule has 1 N–H and O–H groups in total. The predicted molar refractivity (Wildman–Crippen MR) is 43.4 cm³/mol. The summed E-state index contributed by atoms with van der Waals surface area (Å²) in [4.78, 5) is 0. The summed E-state index contributed by atoms with van der Waals surface area (Å²) >= 11 is 1.07. The van der Waals surface area contributed by atoms with E-state index < -0.39 is 11.6 Å². The summed E-state index contributed by atoms with van der Waals surface area (Å²) in [6, 6.07) is 2.24. The number of hydrogen-bond acceptors (Lipinski definition) is 2. The maximum atomic E-state index is 12.9. The highest BCUT2D eigenvalue weighted by atomic mass is 32.1. The average molecular weight is 186 g/mol. The molecule has 0 saturated heterocycles. The molecule has 0 aliphatic heterocycles. The molecule has 62 valence electrons. The molecule has 0 atom stereocenters. The number of phenolic OH excluding ortho intramolecular Hbond substituents is 1. The van der Waals surface area contributed by atoms with E-state index in [9.17, 15) is 8.78 Å². The zero-order valence-electron chi connectivity index (χ0n) is 5.84. The fourth-order valence-electron chi connectivity index (χ4n) is 1.07. The van der Waals surface area contributed by atoms with Crippen molar-refractivity contribution in [2.24, 2.45) is 0 Å². The number of thiophene rings is 1. The minimum Gasteiger partial charge on any atom is -0.508 e. The molecule has 0 unspecified atom stereocenters. The minimum absolute atomic E-state index is 0.0437. The van der Waals surface area contributed by atoms with Crippen LogP contribution >= 0.6 is 11.3 Å². The molecule has 2 aromatic rings. The number of halogens is 2. The lowest BCUT2D eigenvalue weighted by molar-refractivity contribution is 0.470. The molecule has 0 saturated carbocycles. The lowest BCUT2D eigenvalue weighted by Crippen LogP contribution is -1.77. The van der Waals surface area contributed by atoms with Crippen LogP contribution < -0.4 is 0 Å². The molecule has 1 aromatic carbocycles. The Morgan fingerprint density at radius 3 is 2.67 bits per heavy atom. The summed E-state index contributed by atoms with van der Waals surface area (Å²) in [7, 11) is 0. The summed E-state index contributed by atoms with van der Waals surface area (Å²) in [5.74, 6) is -1.47. The van der Waals surface area contributed by atoms with Crippen molar-refractivity contribution in [2.75, 3.05) is 0 Å². The molecule has 1 heterocycles. The van der Waals surface area contributed by atoms with Gasteiger partial charge in [0.05, 0.1) is 5.39 Å². The van der Waals surface area contributed by atoms with Crippen molar-refractivity contribution >= 4 is 21.4 Å². The van der Waals surface area contributed by atoms with Gasteiger partial charge in [-0.05, 0) is 6.07 Å². The first-order chi connectivity index (χ1) is 5.68. The largest absolute Gasteiger partial charge is 0.508 e. The van der Waals surface area contributed by atoms with Gasteiger partial charge in [-0.1, -0.05) is 0 Å². The summed E-state index contributed by atoms with van der Waals surface area (Å²) < 4.78 is 26.2. The second-order valence-electron chi connectivity index (χ2n) is 2.38. The number of aromatic hydroxyl groups is 1. The summed E-state index contributed by atoms with van der Waals surface area (Å²) in [5.41, 5.74) is 0. The van der Waals surface area contributed by atoms with Gasteiger partial charge in [0, 0.05) is 16.1 Å². The Balaban J connectivity index is 2.93. The molecule has 0 fully saturated rings. The van der Waals surface area contributed by atoms with E-state index in [1.807, 2.05) is 0 Å². The van der Waals surface area contributed by atoms with Crippen molar-refractivity contribution in [2.45, 2.75) is 0 Å². The van der Waals surface area contributed by atoms with Crippen LogP contribution in [0, 0.1) is 11.6 Å². The summed E-state index contributed by atoms with van der Waals surface area (Å²) in [6.45, 7) is 0. The Morgan fingerprint density at radius 1 is 1.17 bits per heavy atom. The molecule has 0 bridgehead atoms. The van der Waals surface area contributed by atoms with Gasteiger partial charge in [-0.25, -0.2) is 8.78 Å². The van der Waals surface area contributed by atoms with E-state index >= 15 is 0 Å². The number of fused-ring (bicyclic) bond motifs is 1. The van der Waals surface area contributed by atoms with Crippen LogP contribution in [0.15, 0.2) is 17.5 Å². The molecule has 2 rings (SSSR count). The van der Waals surface area contributed by atoms with Crippen LogP contribution in [0.2, 0.25) is 0 Å². The molecule has 1 aromatic heterocycles. The lowest BCUT2D eigenvalue weighted by atomic mass is 10.2. The van der Waals surface area contributed by atoms with Crippen LogP contribution in [0.3, 0.4) is 0 Å². The third-order valence-electron chi connectivity index (χ3n) is 1.57. The molecule has 0 spiro atoms. The molecule has 0 aliphatic carbocycles. The fraction of sp³-hybridized carbons (Fsp3) is 0. The van der Waals surface area contributed by atoms with Gasteiger partial charge in [0.25, 0.3) is 0 Å². The van der Waals surface area contributed by atoms with Gasteiger partial charge in [0.1, 0.15) is 17.4 Å². The molecular formula is C8H4F2OS. The Hall–Kier alpha value is -1.16. The van der Waals surface area contributed by atoms with Crippen LogP contribution in [0.1, 0.15) is 0 Å². The van der Waals surface area contributed by atoms with Crippen LogP contribution in [0.4, 0.5) is 8.78 Å². The van der Waals surface area contributed by atoms with Crippen LogP contribution in [0.5, 0.6) is 5.75 Å². The molecule has 0 aliphatic rings. The second kappa shape index (κ2) is 2.42. The quantitative estimate of drug-likeness (QED) is 0.670. The highest BCUT2D eigenvalue weighted by Gasteiger charge is 2.09. The minimum atomic E-state index is -0.719. The van der Waals surface area contributed by atoms with Crippen molar-refractivity contribution in [3.05, 3.63) is 29.1 Å². The van der Waals surface area contributed by atoms with Gasteiger partial charge in [-0.2, -0.15) is 0 Å². The van der Waals surface area contributed by atoms with E-state index in [1.54, 1.807) is 0 Å². The van der Waals surface area contributed by atoms with E-state index in [4.69, 9.17) is 5.11 Å². The Bertz CT molecular complexity index is 436. The SMILES string of the molecule is Oc1cc(F)c2c(F)csc2c1. The van der Waals surface area contributed by atoms with Crippen molar-refractivity contribution in [1.29, 1.82) is 0 Å². The standard InChI is InChI=1S/C8H4F2OS/c9-5-1-4(11)2-7-8(5)6(10)3-12-7/h1-3,11H. The highest BCUT2D eigenvalue weighted by Crippen LogP contribution is 2.30. The average Bonchev–Trinajstić information content (AvgIpc) is 2.31. The topological polar surface area (TPSA) is 20.2 Å². The van der Waals surface area contributed by atoms with Gasteiger partial charge in [0.2, 0.25) is 0 Å². The smallest absolute Gasteiger partial charge is 0.144 e. The van der Waals surface area contributed by atoms with Crippen LogP contribution in [-0.2, 0) is 0 Å². The van der Waals surface area contributed by atoms with E-state index in [-0.39, 0.29) is 11.1 Å². The van der Waals surface area contributed by atoms with E-state index in [0.717, 1.165) is 17.4 Å². The Labute approximate surface area is 70.9 Å². The molecular weight excluding hydrogens is 182 g/mol. The van der Waals surface area contributed by atoms with Crippen molar-refractivity contribution < 1.29 is 13.9 Å². The number of rotatable bonds is 0. The predicted octanol–water partition coefficient (Wildman–Crippen LogP) is 2.89. The first-order valence-electron chi connectivity index (χ1n) is 3.23.